The second kappa shape index (κ2) is 7.32. The van der Waals surface area contributed by atoms with E-state index in [1.54, 1.807) is 18.0 Å². The predicted molar refractivity (Wildman–Crippen MR) is 87.6 cm³/mol. The van der Waals surface area contributed by atoms with Crippen molar-refractivity contribution >= 4 is 35.0 Å². The molecule has 2 aromatic rings. The highest BCUT2D eigenvalue weighted by Crippen LogP contribution is 2.40. The molecule has 106 valence electrons. The molecule has 20 heavy (non-hydrogen) atoms. The van der Waals surface area contributed by atoms with Crippen LogP contribution < -0.4 is 5.73 Å². The summed E-state index contributed by atoms with van der Waals surface area (Å²) in [5, 5.41) is 2.28. The second-order valence-corrected chi connectivity index (χ2v) is 6.43. The average Bonchev–Trinajstić information content (AvgIpc) is 2.47. The average molecular weight is 327 g/mol. The molecule has 0 amide bonds. The van der Waals surface area contributed by atoms with E-state index in [0.29, 0.717) is 5.02 Å². The molecule has 0 aliphatic rings. The van der Waals surface area contributed by atoms with E-state index in [9.17, 15) is 0 Å². The molecule has 2 N–H and O–H groups in total. The van der Waals surface area contributed by atoms with E-state index >= 15 is 0 Å². The summed E-state index contributed by atoms with van der Waals surface area (Å²) in [7, 11) is 0. The van der Waals surface area contributed by atoms with E-state index in [4.69, 9.17) is 28.9 Å². The van der Waals surface area contributed by atoms with Crippen molar-refractivity contribution in [1.82, 2.24) is 4.98 Å². The molecule has 0 aliphatic carbocycles. The third-order valence-electron chi connectivity index (χ3n) is 3.02. The van der Waals surface area contributed by atoms with Gasteiger partial charge >= 0.3 is 0 Å². The molecule has 1 heterocycles. The molecule has 0 aliphatic heterocycles. The van der Waals surface area contributed by atoms with E-state index in [-0.39, 0.29) is 11.3 Å². The number of nitrogens with two attached hydrogens (primary N) is 1. The van der Waals surface area contributed by atoms with Crippen LogP contribution in [0.4, 0.5) is 0 Å². The molecule has 0 saturated heterocycles. The first-order valence-electron chi connectivity index (χ1n) is 6.40. The Morgan fingerprint density at radius 2 is 1.90 bits per heavy atom. The summed E-state index contributed by atoms with van der Waals surface area (Å²) in [6.45, 7) is 2.08. The molecule has 2 nitrogen and oxygen atoms in total. The van der Waals surface area contributed by atoms with Crippen LogP contribution in [0.5, 0.6) is 0 Å². The third kappa shape index (κ3) is 3.89. The fourth-order valence-electron chi connectivity index (χ4n) is 1.85. The minimum Gasteiger partial charge on any atom is -0.326 e. The van der Waals surface area contributed by atoms with Gasteiger partial charge in [0.1, 0.15) is 5.03 Å². The molecule has 5 heteroatoms. The number of halogens is 2. The maximum absolute atomic E-state index is 6.26. The number of rotatable bonds is 5. The molecule has 0 spiro atoms. The van der Waals surface area contributed by atoms with Crippen LogP contribution in [0, 0.1) is 0 Å². The number of nitrogens with zero attached hydrogens (tertiary/aromatic N) is 1. The fourth-order valence-corrected chi connectivity index (χ4v) is 3.43. The van der Waals surface area contributed by atoms with Crippen molar-refractivity contribution in [2.45, 2.75) is 29.7 Å². The Morgan fingerprint density at radius 3 is 2.50 bits per heavy atom. The van der Waals surface area contributed by atoms with E-state index in [1.807, 2.05) is 36.4 Å². The van der Waals surface area contributed by atoms with E-state index in [1.165, 1.54) is 0 Å². The minimum absolute atomic E-state index is 0.0271. The lowest BCUT2D eigenvalue weighted by Gasteiger charge is -2.23. The monoisotopic (exact) mass is 326 g/mol. The maximum atomic E-state index is 6.26. The smallest absolute Gasteiger partial charge is 0.115 e. The van der Waals surface area contributed by atoms with Crippen molar-refractivity contribution in [2.75, 3.05) is 0 Å². The zero-order valence-corrected chi connectivity index (χ0v) is 13.4. The molecule has 0 fully saturated rings. The standard InChI is InChI=1S/C15H16Cl2N2S/c1-2-13(18)14(10-5-7-11(16)8-6-10)20-15-12(17)4-3-9-19-15/h3-9,13-14H,2,18H2,1H3. The Morgan fingerprint density at radius 1 is 1.20 bits per heavy atom. The van der Waals surface area contributed by atoms with Gasteiger partial charge in [-0.25, -0.2) is 4.98 Å². The van der Waals surface area contributed by atoms with Crippen LogP contribution in [-0.4, -0.2) is 11.0 Å². The molecule has 0 saturated carbocycles. The highest BCUT2D eigenvalue weighted by molar-refractivity contribution is 7.99. The van der Waals surface area contributed by atoms with Gasteiger partial charge in [-0.1, -0.05) is 54.0 Å². The van der Waals surface area contributed by atoms with Crippen molar-refractivity contribution in [1.29, 1.82) is 0 Å². The Labute approximate surface area is 133 Å². The van der Waals surface area contributed by atoms with Gasteiger partial charge in [-0.3, -0.25) is 0 Å². The van der Waals surface area contributed by atoms with Crippen LogP contribution >= 0.6 is 35.0 Å². The summed E-state index contributed by atoms with van der Waals surface area (Å²) in [6, 6.07) is 11.5. The Bertz CT molecular complexity index is 560. The van der Waals surface area contributed by atoms with Gasteiger partial charge in [-0.15, -0.1) is 0 Å². The highest BCUT2D eigenvalue weighted by Gasteiger charge is 2.21. The molecule has 1 aromatic heterocycles. The van der Waals surface area contributed by atoms with Gasteiger partial charge in [-0.05, 0) is 36.2 Å². The largest absolute Gasteiger partial charge is 0.326 e. The normalized spacial score (nSPS) is 14.0. The first kappa shape index (κ1) is 15.6. The van der Waals surface area contributed by atoms with E-state index in [2.05, 4.69) is 11.9 Å². The number of benzene rings is 1. The summed E-state index contributed by atoms with van der Waals surface area (Å²) in [6.07, 6.45) is 2.62. The molecular formula is C15H16Cl2N2S. The molecule has 2 rings (SSSR count). The Balaban J connectivity index is 2.29. The van der Waals surface area contributed by atoms with Gasteiger partial charge < -0.3 is 5.73 Å². The summed E-state index contributed by atoms with van der Waals surface area (Å²) in [5.74, 6) is 0. The highest BCUT2D eigenvalue weighted by atomic mass is 35.5. The van der Waals surface area contributed by atoms with Crippen LogP contribution in [0.2, 0.25) is 10.0 Å². The zero-order chi connectivity index (χ0) is 14.5. The lowest BCUT2D eigenvalue weighted by atomic mass is 10.0. The summed E-state index contributed by atoms with van der Waals surface area (Å²) >= 11 is 13.7. The number of aromatic nitrogens is 1. The van der Waals surface area contributed by atoms with Crippen molar-refractivity contribution in [3.63, 3.8) is 0 Å². The topological polar surface area (TPSA) is 38.9 Å². The van der Waals surface area contributed by atoms with Crippen LogP contribution in [-0.2, 0) is 0 Å². The lowest BCUT2D eigenvalue weighted by molar-refractivity contribution is 0.633. The van der Waals surface area contributed by atoms with Crippen molar-refractivity contribution in [3.05, 3.63) is 58.2 Å². The summed E-state index contributed by atoms with van der Waals surface area (Å²) in [5.41, 5.74) is 7.40. The van der Waals surface area contributed by atoms with Gasteiger partial charge in [0.05, 0.1) is 10.3 Å². The first-order valence-corrected chi connectivity index (χ1v) is 8.03. The fraction of sp³-hybridized carbons (Fsp3) is 0.267. The quantitative estimate of drug-likeness (QED) is 0.789. The SMILES string of the molecule is CCC(N)C(Sc1ncccc1Cl)c1ccc(Cl)cc1. The number of thioether (sulfide) groups is 1. The number of hydrogen-bond donors (Lipinski definition) is 1. The van der Waals surface area contributed by atoms with Gasteiger partial charge in [-0.2, -0.15) is 0 Å². The lowest BCUT2D eigenvalue weighted by Crippen LogP contribution is -2.25. The van der Waals surface area contributed by atoms with E-state index < -0.39 is 0 Å². The number of hydrogen-bond acceptors (Lipinski definition) is 3. The second-order valence-electron chi connectivity index (χ2n) is 4.45. The molecule has 2 unspecified atom stereocenters. The van der Waals surface area contributed by atoms with Gasteiger partial charge in [0.15, 0.2) is 0 Å². The zero-order valence-electron chi connectivity index (χ0n) is 11.1. The minimum atomic E-state index is 0.0271. The Hall–Kier alpha value is -0.740. The maximum Gasteiger partial charge on any atom is 0.115 e. The van der Waals surface area contributed by atoms with Gasteiger partial charge in [0, 0.05) is 17.3 Å². The first-order chi connectivity index (χ1) is 9.61. The molecule has 2 atom stereocenters. The van der Waals surface area contributed by atoms with E-state index in [0.717, 1.165) is 22.0 Å². The van der Waals surface area contributed by atoms with Crippen LogP contribution in [0.3, 0.4) is 0 Å². The summed E-state index contributed by atoms with van der Waals surface area (Å²) in [4.78, 5) is 4.33. The van der Waals surface area contributed by atoms with Crippen molar-refractivity contribution < 1.29 is 0 Å². The summed E-state index contributed by atoms with van der Waals surface area (Å²) < 4.78 is 0. The van der Waals surface area contributed by atoms with Crippen LogP contribution in [0.25, 0.3) is 0 Å². The van der Waals surface area contributed by atoms with Crippen LogP contribution in [0.15, 0.2) is 47.6 Å². The van der Waals surface area contributed by atoms with Crippen molar-refractivity contribution in [2.24, 2.45) is 5.73 Å². The Kier molecular flexibility index (Phi) is 5.73. The predicted octanol–water partition coefficient (Wildman–Crippen LogP) is 4.96. The number of pyridine rings is 1. The van der Waals surface area contributed by atoms with Crippen LogP contribution in [0.1, 0.15) is 24.2 Å². The van der Waals surface area contributed by atoms with Crippen molar-refractivity contribution in [3.8, 4) is 0 Å². The van der Waals surface area contributed by atoms with Gasteiger partial charge in [0.25, 0.3) is 0 Å². The molecule has 0 radical (unpaired) electrons. The molecular weight excluding hydrogens is 311 g/mol. The van der Waals surface area contributed by atoms with Gasteiger partial charge in [0.2, 0.25) is 0 Å². The molecule has 1 aromatic carbocycles. The molecule has 0 bridgehead atoms. The third-order valence-corrected chi connectivity index (χ3v) is 5.12.